The Labute approximate surface area is 120 Å². The zero-order valence-corrected chi connectivity index (χ0v) is 12.4. The largest absolute Gasteiger partial charge is 0.489 e. The number of nitrogens with one attached hydrogen (secondary N) is 1. The monoisotopic (exact) mass is 363 g/mol. The van der Waals surface area contributed by atoms with E-state index in [4.69, 9.17) is 4.74 Å². The second-order valence-corrected chi connectivity index (χ2v) is 4.66. The van der Waals surface area contributed by atoms with Crippen molar-refractivity contribution in [2.24, 2.45) is 0 Å². The van der Waals surface area contributed by atoms with Gasteiger partial charge in [0.1, 0.15) is 17.7 Å². The van der Waals surface area contributed by atoms with Gasteiger partial charge in [-0.2, -0.15) is 0 Å². The lowest BCUT2D eigenvalue weighted by atomic mass is 10.1. The maximum Gasteiger partial charge on any atom is 0.152 e. The SMILES string of the molecule is CC(=O)/C=C/c1cc(O[C@H](C)CNI)ccc1F. The number of hydrogen-bond donors (Lipinski definition) is 1. The summed E-state index contributed by atoms with van der Waals surface area (Å²) in [5.74, 6) is 0.0847. The summed E-state index contributed by atoms with van der Waals surface area (Å²) in [4.78, 5) is 10.8. The molecule has 1 aromatic carbocycles. The molecular formula is C13H15FINO2. The van der Waals surface area contributed by atoms with Gasteiger partial charge in [0, 0.05) is 35.0 Å². The number of allylic oxidation sites excluding steroid dienone is 1. The van der Waals surface area contributed by atoms with Gasteiger partial charge in [0.25, 0.3) is 0 Å². The fourth-order valence-electron chi connectivity index (χ4n) is 1.31. The molecule has 0 heterocycles. The molecule has 98 valence electrons. The lowest BCUT2D eigenvalue weighted by molar-refractivity contribution is -0.112. The van der Waals surface area contributed by atoms with Crippen LogP contribution in [0.2, 0.25) is 0 Å². The van der Waals surface area contributed by atoms with E-state index in [-0.39, 0.29) is 17.7 Å². The van der Waals surface area contributed by atoms with Crippen molar-refractivity contribution in [3.05, 3.63) is 35.7 Å². The molecule has 5 heteroatoms. The van der Waals surface area contributed by atoms with Crippen molar-refractivity contribution in [3.8, 4) is 5.75 Å². The molecule has 0 saturated carbocycles. The minimum Gasteiger partial charge on any atom is -0.489 e. The third-order valence-electron chi connectivity index (χ3n) is 2.17. The number of ketones is 1. The molecular weight excluding hydrogens is 348 g/mol. The van der Waals surface area contributed by atoms with Gasteiger partial charge >= 0.3 is 0 Å². The normalized spacial score (nSPS) is 12.7. The van der Waals surface area contributed by atoms with Crippen LogP contribution in [0.4, 0.5) is 4.39 Å². The summed E-state index contributed by atoms with van der Waals surface area (Å²) >= 11 is 2.04. The van der Waals surface area contributed by atoms with Crippen molar-refractivity contribution in [1.29, 1.82) is 0 Å². The van der Waals surface area contributed by atoms with Gasteiger partial charge in [0.05, 0.1) is 0 Å². The van der Waals surface area contributed by atoms with Gasteiger partial charge in [0.2, 0.25) is 0 Å². The number of benzene rings is 1. The molecule has 0 spiro atoms. The van der Waals surface area contributed by atoms with Crippen LogP contribution < -0.4 is 8.27 Å². The summed E-state index contributed by atoms with van der Waals surface area (Å²) in [6.45, 7) is 4.03. The van der Waals surface area contributed by atoms with E-state index >= 15 is 0 Å². The van der Waals surface area contributed by atoms with Gasteiger partial charge in [-0.1, -0.05) is 0 Å². The minimum atomic E-state index is -0.375. The van der Waals surface area contributed by atoms with Crippen LogP contribution in [-0.2, 0) is 4.79 Å². The summed E-state index contributed by atoms with van der Waals surface area (Å²) < 4.78 is 22.0. The maximum absolute atomic E-state index is 13.5. The van der Waals surface area contributed by atoms with Crippen molar-refractivity contribution >= 4 is 34.7 Å². The lowest BCUT2D eigenvalue weighted by Gasteiger charge is -2.14. The Bertz CT molecular complexity index is 449. The zero-order valence-electron chi connectivity index (χ0n) is 10.2. The predicted molar refractivity (Wildman–Crippen MR) is 78.2 cm³/mol. The summed E-state index contributed by atoms with van der Waals surface area (Å²) in [6.07, 6.45) is 2.76. The topological polar surface area (TPSA) is 38.3 Å². The van der Waals surface area contributed by atoms with E-state index in [0.29, 0.717) is 17.9 Å². The van der Waals surface area contributed by atoms with Crippen LogP contribution >= 0.6 is 22.9 Å². The summed E-state index contributed by atoms with van der Waals surface area (Å²) in [5.41, 5.74) is 0.345. The maximum atomic E-state index is 13.5. The molecule has 0 aromatic heterocycles. The molecule has 0 saturated heterocycles. The van der Waals surface area contributed by atoms with Gasteiger partial charge in [0.15, 0.2) is 5.78 Å². The molecule has 0 aliphatic heterocycles. The predicted octanol–water partition coefficient (Wildman–Crippen LogP) is 3.13. The average Bonchev–Trinajstić information content (AvgIpc) is 2.30. The van der Waals surface area contributed by atoms with E-state index in [2.05, 4.69) is 3.53 Å². The van der Waals surface area contributed by atoms with E-state index in [1.165, 1.54) is 25.1 Å². The van der Waals surface area contributed by atoms with Crippen molar-refractivity contribution in [3.63, 3.8) is 0 Å². The highest BCUT2D eigenvalue weighted by molar-refractivity contribution is 14.1. The van der Waals surface area contributed by atoms with Crippen molar-refractivity contribution in [2.45, 2.75) is 20.0 Å². The van der Waals surface area contributed by atoms with Crippen LogP contribution in [0.15, 0.2) is 24.3 Å². The van der Waals surface area contributed by atoms with Crippen LogP contribution in [-0.4, -0.2) is 18.4 Å². The van der Waals surface area contributed by atoms with Crippen LogP contribution in [0.1, 0.15) is 19.4 Å². The quantitative estimate of drug-likeness (QED) is 0.480. The van der Waals surface area contributed by atoms with E-state index in [1.807, 2.05) is 29.8 Å². The summed E-state index contributed by atoms with van der Waals surface area (Å²) in [5, 5.41) is 0. The molecule has 0 bridgehead atoms. The number of carbonyl (C=O) groups excluding carboxylic acids is 1. The van der Waals surface area contributed by atoms with E-state index in [1.54, 1.807) is 12.1 Å². The Morgan fingerprint density at radius 1 is 1.61 bits per heavy atom. The number of rotatable bonds is 6. The number of halogens is 2. The summed E-state index contributed by atoms with van der Waals surface area (Å²) in [7, 11) is 0. The van der Waals surface area contributed by atoms with Crippen LogP contribution in [0.3, 0.4) is 0 Å². The molecule has 0 amide bonds. The smallest absolute Gasteiger partial charge is 0.152 e. The molecule has 0 aliphatic rings. The molecule has 1 rings (SSSR count). The van der Waals surface area contributed by atoms with Gasteiger partial charge in [-0.25, -0.2) is 4.39 Å². The van der Waals surface area contributed by atoms with Crippen LogP contribution in [0, 0.1) is 5.82 Å². The zero-order chi connectivity index (χ0) is 13.5. The molecule has 0 radical (unpaired) electrons. The second kappa shape index (κ2) is 7.48. The van der Waals surface area contributed by atoms with E-state index in [9.17, 15) is 9.18 Å². The highest BCUT2D eigenvalue weighted by Gasteiger charge is 2.06. The molecule has 1 aromatic rings. The van der Waals surface area contributed by atoms with E-state index in [0.717, 1.165) is 0 Å². The Kier molecular flexibility index (Phi) is 6.28. The van der Waals surface area contributed by atoms with Crippen LogP contribution in [0.25, 0.3) is 6.08 Å². The Morgan fingerprint density at radius 3 is 2.94 bits per heavy atom. The molecule has 0 aliphatic carbocycles. The Balaban J connectivity index is 2.83. The van der Waals surface area contributed by atoms with Gasteiger partial charge in [-0.3, -0.25) is 8.32 Å². The van der Waals surface area contributed by atoms with Crippen molar-refractivity contribution < 1.29 is 13.9 Å². The Hall–Kier alpha value is -0.950. The van der Waals surface area contributed by atoms with E-state index < -0.39 is 0 Å². The first-order chi connectivity index (χ1) is 8.52. The molecule has 1 N–H and O–H groups in total. The first-order valence-electron chi connectivity index (χ1n) is 5.51. The highest BCUT2D eigenvalue weighted by atomic mass is 127. The molecule has 3 nitrogen and oxygen atoms in total. The van der Waals surface area contributed by atoms with Crippen LogP contribution in [0.5, 0.6) is 5.75 Å². The Morgan fingerprint density at radius 2 is 2.33 bits per heavy atom. The first kappa shape index (κ1) is 15.1. The molecule has 0 fully saturated rings. The van der Waals surface area contributed by atoms with Crippen molar-refractivity contribution in [2.75, 3.05) is 6.54 Å². The third-order valence-corrected chi connectivity index (χ3v) is 2.61. The standard InChI is InChI=1S/C13H15FINO2/c1-9(17)3-4-11-7-12(5-6-13(11)14)18-10(2)8-16-15/h3-7,10,16H,8H2,1-2H3/b4-3+/t10-/m1/s1. The molecule has 1 atom stereocenters. The van der Waals surface area contributed by atoms with Gasteiger partial charge in [-0.05, 0) is 44.2 Å². The fourth-order valence-corrected chi connectivity index (χ4v) is 1.93. The van der Waals surface area contributed by atoms with Gasteiger partial charge < -0.3 is 4.74 Å². The first-order valence-corrected chi connectivity index (χ1v) is 6.59. The third kappa shape index (κ3) is 5.14. The lowest BCUT2D eigenvalue weighted by Crippen LogP contribution is -2.22. The van der Waals surface area contributed by atoms with Gasteiger partial charge in [-0.15, -0.1) is 0 Å². The minimum absolute atomic E-state index is 0.0167. The number of carbonyl (C=O) groups is 1. The molecule has 18 heavy (non-hydrogen) atoms. The number of ether oxygens (including phenoxy) is 1. The second-order valence-electron chi connectivity index (χ2n) is 3.89. The molecule has 0 unspecified atom stereocenters. The highest BCUT2D eigenvalue weighted by Crippen LogP contribution is 2.19. The summed E-state index contributed by atoms with van der Waals surface area (Å²) in [6, 6.07) is 4.49. The number of hydrogen-bond acceptors (Lipinski definition) is 3. The average molecular weight is 363 g/mol. The fraction of sp³-hybridized carbons (Fsp3) is 0.308. The van der Waals surface area contributed by atoms with Crippen molar-refractivity contribution in [1.82, 2.24) is 3.53 Å².